The fourth-order valence-corrected chi connectivity index (χ4v) is 6.74. The molecule has 0 aliphatic heterocycles. The highest BCUT2D eigenvalue weighted by Gasteiger charge is 2.38. The molecule has 4 rings (SSSR count). The van der Waals surface area contributed by atoms with Crippen molar-refractivity contribution in [1.29, 1.82) is 0 Å². The van der Waals surface area contributed by atoms with E-state index in [1.54, 1.807) is 18.2 Å². The second-order valence-electron chi connectivity index (χ2n) is 11.6. The molecule has 2 aromatic carbocycles. The van der Waals surface area contributed by atoms with Gasteiger partial charge in [0.15, 0.2) is 23.0 Å². The Morgan fingerprint density at radius 2 is 1.86 bits per heavy atom. The first kappa shape index (κ1) is 32.4. The average Bonchev–Trinajstić information content (AvgIpc) is 3.09. The Bertz CT molecular complexity index is 1310. The normalized spacial score (nSPS) is 20.2. The van der Waals surface area contributed by atoms with Crippen molar-refractivity contribution in [2.75, 3.05) is 33.9 Å². The van der Waals surface area contributed by atoms with Crippen LogP contribution < -0.4 is 14.8 Å². The number of aliphatic hydroxyl groups is 1. The molecular formula is C34H45NO8. The number of phenolic OH excluding ortho intramolecular Hbond substituents is 2. The van der Waals surface area contributed by atoms with Gasteiger partial charge < -0.3 is 34.8 Å². The number of benzene rings is 2. The van der Waals surface area contributed by atoms with Crippen molar-refractivity contribution < 1.29 is 39.1 Å². The van der Waals surface area contributed by atoms with Crippen LogP contribution >= 0.6 is 0 Å². The summed E-state index contributed by atoms with van der Waals surface area (Å²) in [6.45, 7) is 1.89. The molecular weight excluding hydrogens is 550 g/mol. The number of hydrogen-bond acceptors (Lipinski definition) is 9. The third kappa shape index (κ3) is 8.30. The summed E-state index contributed by atoms with van der Waals surface area (Å²) in [6, 6.07) is 8.65. The van der Waals surface area contributed by atoms with E-state index < -0.39 is 12.1 Å². The van der Waals surface area contributed by atoms with Crippen LogP contribution in [0.5, 0.6) is 23.0 Å². The molecule has 2 aromatic rings. The number of hydrogen-bond donors (Lipinski definition) is 4. The number of aliphatic hydroxyl groups excluding tert-OH is 1. The molecule has 0 bridgehead atoms. The van der Waals surface area contributed by atoms with E-state index in [9.17, 15) is 19.8 Å². The summed E-state index contributed by atoms with van der Waals surface area (Å²) in [5, 5.41) is 33.0. The maximum atomic E-state index is 13.8. The monoisotopic (exact) mass is 595 g/mol. The Labute approximate surface area is 253 Å². The van der Waals surface area contributed by atoms with Gasteiger partial charge in [-0.15, -0.1) is 0 Å². The van der Waals surface area contributed by atoms with Gasteiger partial charge in [-0.25, -0.2) is 0 Å². The van der Waals surface area contributed by atoms with E-state index in [1.807, 2.05) is 13.1 Å². The van der Waals surface area contributed by atoms with Gasteiger partial charge in [0.2, 0.25) is 0 Å². The number of ketones is 1. The highest BCUT2D eigenvalue weighted by Crippen LogP contribution is 2.50. The second-order valence-corrected chi connectivity index (χ2v) is 11.6. The average molecular weight is 596 g/mol. The lowest BCUT2D eigenvalue weighted by molar-refractivity contribution is -0.147. The predicted octanol–water partition coefficient (Wildman–Crippen LogP) is 4.90. The van der Waals surface area contributed by atoms with E-state index in [2.05, 4.69) is 11.4 Å². The van der Waals surface area contributed by atoms with Crippen LogP contribution in [-0.4, -0.2) is 67.1 Å². The third-order valence-corrected chi connectivity index (χ3v) is 8.63. The van der Waals surface area contributed by atoms with Crippen LogP contribution in [0.25, 0.3) is 5.57 Å². The first-order valence-electron chi connectivity index (χ1n) is 15.2. The van der Waals surface area contributed by atoms with Crippen LogP contribution in [0.2, 0.25) is 0 Å². The lowest BCUT2D eigenvalue weighted by Crippen LogP contribution is -2.27. The number of carbonyl (C=O) groups excluding carboxylic acids is 2. The maximum absolute atomic E-state index is 13.8. The number of ether oxygens (including phenoxy) is 3. The summed E-state index contributed by atoms with van der Waals surface area (Å²) in [5.41, 5.74) is 3.94. The number of carbonyl (C=O) groups is 2. The van der Waals surface area contributed by atoms with Crippen molar-refractivity contribution >= 4 is 17.3 Å². The minimum Gasteiger partial charge on any atom is -0.504 e. The molecule has 1 saturated carbocycles. The first-order chi connectivity index (χ1) is 20.7. The van der Waals surface area contributed by atoms with E-state index in [0.29, 0.717) is 37.5 Å². The standard InChI is InChI=1S/C34H45NO8/c1-21(37)43-26(10-8-22-9-11-31(39)34(14-22)42-13-12-36)16-25(38)17-29-27-7-5-4-6-23(27)15-24(20-35-2)28-18-32(40)33(41-3)19-30(28)29/h9,11,14-15,18-19,23,26-27,29,35-36,39-40H,4-8,10,12-13,16-17,20H2,1-3H3. The van der Waals surface area contributed by atoms with Crippen LogP contribution in [0, 0.1) is 11.8 Å². The SMILES string of the molecule is CNCC1=CC2CCCCC2C(CC(=O)CC(CCc2ccc(O)c(OCCO)c2)OC(C)=O)c2cc(OC)c(O)cc21. The van der Waals surface area contributed by atoms with Crippen molar-refractivity contribution in [1.82, 2.24) is 5.32 Å². The molecule has 9 heteroatoms. The zero-order valence-corrected chi connectivity index (χ0v) is 25.4. The van der Waals surface area contributed by atoms with E-state index in [0.717, 1.165) is 47.9 Å². The summed E-state index contributed by atoms with van der Waals surface area (Å²) in [4.78, 5) is 25.8. The number of allylic oxidation sites excluding steroid dienone is 1. The van der Waals surface area contributed by atoms with Gasteiger partial charge in [-0.3, -0.25) is 9.59 Å². The summed E-state index contributed by atoms with van der Waals surface area (Å²) >= 11 is 0. The number of phenols is 2. The van der Waals surface area contributed by atoms with Gasteiger partial charge in [0.1, 0.15) is 18.5 Å². The van der Waals surface area contributed by atoms with Crippen LogP contribution in [0.3, 0.4) is 0 Å². The number of rotatable bonds is 14. The largest absolute Gasteiger partial charge is 0.504 e. The summed E-state index contributed by atoms with van der Waals surface area (Å²) < 4.78 is 16.5. The highest BCUT2D eigenvalue weighted by molar-refractivity contribution is 5.82. The molecule has 1 fully saturated rings. The van der Waals surface area contributed by atoms with Crippen molar-refractivity contribution in [3.63, 3.8) is 0 Å². The molecule has 2 aliphatic carbocycles. The molecule has 2 aliphatic rings. The van der Waals surface area contributed by atoms with Gasteiger partial charge in [-0.1, -0.05) is 25.0 Å². The Hall–Kier alpha value is -3.56. The van der Waals surface area contributed by atoms with Gasteiger partial charge in [0.05, 0.1) is 13.7 Å². The van der Waals surface area contributed by atoms with Gasteiger partial charge in [-0.2, -0.15) is 0 Å². The smallest absolute Gasteiger partial charge is 0.302 e. The molecule has 234 valence electrons. The fourth-order valence-electron chi connectivity index (χ4n) is 6.74. The van der Waals surface area contributed by atoms with Crippen molar-refractivity contribution in [3.05, 3.63) is 53.1 Å². The summed E-state index contributed by atoms with van der Waals surface area (Å²) in [5.74, 6) is 0.847. The van der Waals surface area contributed by atoms with E-state index in [1.165, 1.54) is 20.1 Å². The number of methoxy groups -OCH3 is 1. The summed E-state index contributed by atoms with van der Waals surface area (Å²) in [7, 11) is 3.44. The van der Waals surface area contributed by atoms with Crippen LogP contribution in [0.1, 0.15) is 74.5 Å². The lowest BCUT2D eigenvalue weighted by Gasteiger charge is -2.35. The zero-order valence-electron chi connectivity index (χ0n) is 25.4. The number of fused-ring (bicyclic) bond motifs is 2. The molecule has 0 amide bonds. The van der Waals surface area contributed by atoms with Gasteiger partial charge in [-0.05, 0) is 97.0 Å². The van der Waals surface area contributed by atoms with E-state index >= 15 is 0 Å². The Morgan fingerprint density at radius 3 is 2.58 bits per heavy atom. The molecule has 4 atom stereocenters. The maximum Gasteiger partial charge on any atom is 0.302 e. The van der Waals surface area contributed by atoms with E-state index in [4.69, 9.17) is 19.3 Å². The predicted molar refractivity (Wildman–Crippen MR) is 164 cm³/mol. The number of aromatic hydroxyl groups is 2. The molecule has 9 nitrogen and oxygen atoms in total. The molecule has 0 radical (unpaired) electrons. The van der Waals surface area contributed by atoms with E-state index in [-0.39, 0.29) is 54.5 Å². The van der Waals surface area contributed by atoms with Crippen molar-refractivity contribution in [2.45, 2.75) is 70.3 Å². The van der Waals surface area contributed by atoms with Gasteiger partial charge >= 0.3 is 5.97 Å². The van der Waals surface area contributed by atoms with Crippen LogP contribution in [0.15, 0.2) is 36.4 Å². The van der Waals surface area contributed by atoms with Crippen LogP contribution in [0.4, 0.5) is 0 Å². The molecule has 0 aromatic heterocycles. The Kier molecular flexibility index (Phi) is 11.5. The minimum atomic E-state index is -0.597. The lowest BCUT2D eigenvalue weighted by atomic mass is 9.69. The number of likely N-dealkylation sites (N-methyl/N-ethyl adjacent to an activating group) is 1. The Morgan fingerprint density at radius 1 is 1.07 bits per heavy atom. The molecule has 0 heterocycles. The molecule has 43 heavy (non-hydrogen) atoms. The first-order valence-corrected chi connectivity index (χ1v) is 15.2. The number of esters is 1. The zero-order chi connectivity index (χ0) is 30.9. The molecule has 0 saturated heterocycles. The van der Waals surface area contributed by atoms with Crippen molar-refractivity contribution in [2.24, 2.45) is 11.8 Å². The fraction of sp³-hybridized carbons (Fsp3) is 0.529. The van der Waals surface area contributed by atoms with Crippen molar-refractivity contribution in [3.8, 4) is 23.0 Å². The topological polar surface area (TPSA) is 135 Å². The highest BCUT2D eigenvalue weighted by atomic mass is 16.5. The quantitative estimate of drug-likeness (QED) is 0.225. The molecule has 4 N–H and O–H groups in total. The number of nitrogens with one attached hydrogen (secondary N) is 1. The number of Topliss-reactive ketones (excluding diaryl/α,β-unsaturated/α-hetero) is 1. The second kappa shape index (κ2) is 15.3. The minimum absolute atomic E-state index is 0.0216. The summed E-state index contributed by atoms with van der Waals surface area (Å²) in [6.07, 6.45) is 7.42. The third-order valence-electron chi connectivity index (χ3n) is 8.63. The molecule has 4 unspecified atom stereocenters. The Balaban J connectivity index is 1.56. The number of aryl methyl sites for hydroxylation is 1. The van der Waals surface area contributed by atoms with Crippen LogP contribution in [-0.2, 0) is 20.7 Å². The van der Waals surface area contributed by atoms with Gasteiger partial charge in [0, 0.05) is 26.3 Å². The van der Waals surface area contributed by atoms with Gasteiger partial charge in [0.25, 0.3) is 0 Å². The molecule has 0 spiro atoms.